The number of aryl methyl sites for hydroxylation is 1. The minimum atomic E-state index is -0.956. The fourth-order valence-corrected chi connectivity index (χ4v) is 2.51. The molecule has 0 saturated carbocycles. The molecular weight excluding hydrogens is 250 g/mol. The quantitative estimate of drug-likeness (QED) is 0.887. The van der Waals surface area contributed by atoms with Gasteiger partial charge >= 0.3 is 5.97 Å². The van der Waals surface area contributed by atoms with Gasteiger partial charge in [0.25, 0.3) is 0 Å². The van der Waals surface area contributed by atoms with Crippen molar-refractivity contribution in [3.63, 3.8) is 0 Å². The number of nitrogens with zero attached hydrogens (tertiary/aromatic N) is 2. The van der Waals surface area contributed by atoms with Gasteiger partial charge in [-0.1, -0.05) is 6.07 Å². The van der Waals surface area contributed by atoms with Gasteiger partial charge in [0, 0.05) is 12.4 Å². The molecule has 0 saturated heterocycles. The lowest BCUT2D eigenvalue weighted by Gasteiger charge is -2.13. The summed E-state index contributed by atoms with van der Waals surface area (Å²) in [6.45, 7) is 3.65. The van der Waals surface area contributed by atoms with E-state index in [2.05, 4.69) is 14.7 Å². The van der Waals surface area contributed by atoms with Crippen LogP contribution in [-0.4, -0.2) is 20.4 Å². The lowest BCUT2D eigenvalue weighted by molar-refractivity contribution is 0.0697. The largest absolute Gasteiger partial charge is 0.478 e. The highest BCUT2D eigenvalue weighted by Gasteiger charge is 2.19. The van der Waals surface area contributed by atoms with Gasteiger partial charge in [-0.05, 0) is 37.0 Å². The van der Waals surface area contributed by atoms with Gasteiger partial charge in [-0.3, -0.25) is 4.98 Å². The fourth-order valence-electron chi connectivity index (χ4n) is 1.63. The Morgan fingerprint density at radius 2 is 2.33 bits per heavy atom. The third kappa shape index (κ3) is 2.48. The highest BCUT2D eigenvalue weighted by molar-refractivity contribution is 7.10. The first-order valence-electron chi connectivity index (χ1n) is 5.45. The summed E-state index contributed by atoms with van der Waals surface area (Å²) >= 11 is 1.17. The molecule has 0 aliphatic rings. The molecule has 5 nitrogen and oxygen atoms in total. The van der Waals surface area contributed by atoms with Crippen molar-refractivity contribution >= 4 is 22.5 Å². The van der Waals surface area contributed by atoms with E-state index < -0.39 is 5.97 Å². The molecule has 0 spiro atoms. The van der Waals surface area contributed by atoms with Crippen molar-refractivity contribution in [2.24, 2.45) is 0 Å². The van der Waals surface area contributed by atoms with E-state index in [4.69, 9.17) is 5.11 Å². The van der Waals surface area contributed by atoms with Crippen LogP contribution in [0.25, 0.3) is 0 Å². The zero-order chi connectivity index (χ0) is 13.1. The predicted molar refractivity (Wildman–Crippen MR) is 70.1 cm³/mol. The van der Waals surface area contributed by atoms with Crippen molar-refractivity contribution in [1.82, 2.24) is 9.36 Å². The van der Waals surface area contributed by atoms with E-state index in [-0.39, 0.29) is 11.6 Å². The van der Waals surface area contributed by atoms with Crippen molar-refractivity contribution in [2.45, 2.75) is 19.9 Å². The van der Waals surface area contributed by atoms with Gasteiger partial charge in [0.05, 0.1) is 11.7 Å². The first-order valence-corrected chi connectivity index (χ1v) is 6.23. The molecule has 2 aromatic heterocycles. The maximum absolute atomic E-state index is 11.1. The Balaban J connectivity index is 2.22. The first kappa shape index (κ1) is 12.5. The summed E-state index contributed by atoms with van der Waals surface area (Å²) in [5.41, 5.74) is 1.78. The SMILES string of the molecule is Cc1nsc(NC(C)c2cccnc2)c1C(=O)O. The molecule has 1 atom stereocenters. The van der Waals surface area contributed by atoms with Crippen LogP contribution < -0.4 is 5.32 Å². The zero-order valence-corrected chi connectivity index (χ0v) is 10.9. The summed E-state index contributed by atoms with van der Waals surface area (Å²) in [7, 11) is 0. The maximum atomic E-state index is 11.1. The summed E-state index contributed by atoms with van der Waals surface area (Å²) in [5.74, 6) is -0.956. The zero-order valence-electron chi connectivity index (χ0n) is 10.0. The lowest BCUT2D eigenvalue weighted by Crippen LogP contribution is -2.09. The first-order chi connectivity index (χ1) is 8.59. The normalized spacial score (nSPS) is 12.1. The second-order valence-corrected chi connectivity index (χ2v) is 4.70. The molecule has 0 fully saturated rings. The average molecular weight is 263 g/mol. The molecule has 1 unspecified atom stereocenters. The topological polar surface area (TPSA) is 75.1 Å². The highest BCUT2D eigenvalue weighted by Crippen LogP contribution is 2.28. The van der Waals surface area contributed by atoms with Gasteiger partial charge < -0.3 is 10.4 Å². The van der Waals surface area contributed by atoms with Crippen LogP contribution in [-0.2, 0) is 0 Å². The van der Waals surface area contributed by atoms with Crippen LogP contribution in [0.5, 0.6) is 0 Å². The molecule has 6 heteroatoms. The van der Waals surface area contributed by atoms with E-state index in [0.717, 1.165) is 5.56 Å². The van der Waals surface area contributed by atoms with Crippen molar-refractivity contribution in [3.8, 4) is 0 Å². The van der Waals surface area contributed by atoms with Gasteiger partial charge in [0.2, 0.25) is 0 Å². The summed E-state index contributed by atoms with van der Waals surface area (Å²) in [6, 6.07) is 3.78. The van der Waals surface area contributed by atoms with Crippen molar-refractivity contribution < 1.29 is 9.90 Å². The minimum Gasteiger partial charge on any atom is -0.478 e. The molecule has 0 radical (unpaired) electrons. The van der Waals surface area contributed by atoms with Crippen molar-refractivity contribution in [2.75, 3.05) is 5.32 Å². The van der Waals surface area contributed by atoms with Gasteiger partial charge in [0.1, 0.15) is 10.6 Å². The molecule has 0 aliphatic carbocycles. The molecule has 2 heterocycles. The predicted octanol–water partition coefficient (Wildman–Crippen LogP) is 2.72. The second-order valence-electron chi connectivity index (χ2n) is 3.93. The monoisotopic (exact) mass is 263 g/mol. The van der Waals surface area contributed by atoms with E-state index >= 15 is 0 Å². The Bertz CT molecular complexity index is 554. The average Bonchev–Trinajstić information content (AvgIpc) is 2.71. The number of hydrogen-bond acceptors (Lipinski definition) is 5. The molecule has 2 N–H and O–H groups in total. The van der Waals surface area contributed by atoms with Crippen LogP contribution >= 0.6 is 11.5 Å². The summed E-state index contributed by atoms with van der Waals surface area (Å²) in [4.78, 5) is 15.2. The fraction of sp³-hybridized carbons (Fsp3) is 0.250. The number of hydrogen-bond donors (Lipinski definition) is 2. The smallest absolute Gasteiger partial charge is 0.340 e. The molecule has 2 aromatic rings. The van der Waals surface area contributed by atoms with E-state index in [1.165, 1.54) is 11.5 Å². The molecule has 0 amide bonds. The van der Waals surface area contributed by atoms with Crippen molar-refractivity contribution in [1.29, 1.82) is 0 Å². The Morgan fingerprint density at radius 1 is 1.56 bits per heavy atom. The molecule has 0 aromatic carbocycles. The number of carboxylic acid groups (broad SMARTS) is 1. The number of aromatic carboxylic acids is 1. The Hall–Kier alpha value is -1.95. The third-order valence-electron chi connectivity index (χ3n) is 2.61. The molecular formula is C12H13N3O2S. The number of nitrogens with one attached hydrogen (secondary N) is 1. The molecule has 94 valence electrons. The molecule has 0 bridgehead atoms. The molecule has 0 aliphatic heterocycles. The second kappa shape index (κ2) is 5.14. The Labute approximate surface area is 109 Å². The molecule has 18 heavy (non-hydrogen) atoms. The Kier molecular flexibility index (Phi) is 3.57. The van der Waals surface area contributed by atoms with E-state index in [1.807, 2.05) is 19.1 Å². The number of carbonyl (C=O) groups is 1. The summed E-state index contributed by atoms with van der Waals surface area (Å²) in [5, 5.41) is 12.9. The summed E-state index contributed by atoms with van der Waals surface area (Å²) < 4.78 is 4.07. The number of rotatable bonds is 4. The Morgan fingerprint density at radius 3 is 2.94 bits per heavy atom. The van der Waals surface area contributed by atoms with Gasteiger partial charge in [0.15, 0.2) is 0 Å². The number of carboxylic acids is 1. The van der Waals surface area contributed by atoms with Crippen LogP contribution in [0.3, 0.4) is 0 Å². The van der Waals surface area contributed by atoms with Gasteiger partial charge in [-0.25, -0.2) is 4.79 Å². The minimum absolute atomic E-state index is 0.0170. The van der Waals surface area contributed by atoms with E-state index in [9.17, 15) is 4.79 Å². The number of pyridine rings is 1. The van der Waals surface area contributed by atoms with E-state index in [1.54, 1.807) is 19.3 Å². The van der Waals surface area contributed by atoms with Crippen LogP contribution in [0.15, 0.2) is 24.5 Å². The number of anilines is 1. The number of aromatic nitrogens is 2. The lowest BCUT2D eigenvalue weighted by atomic mass is 10.1. The highest BCUT2D eigenvalue weighted by atomic mass is 32.1. The van der Waals surface area contributed by atoms with Crippen LogP contribution in [0.4, 0.5) is 5.00 Å². The standard InChI is InChI=1S/C12H13N3O2S/c1-7(9-4-3-5-13-6-9)14-11-10(12(16)17)8(2)15-18-11/h3-7,14H,1-2H3,(H,16,17). The third-order valence-corrected chi connectivity index (χ3v) is 3.48. The van der Waals surface area contributed by atoms with Gasteiger partial charge in [-0.2, -0.15) is 4.37 Å². The molecule has 2 rings (SSSR count). The van der Waals surface area contributed by atoms with Crippen LogP contribution in [0.2, 0.25) is 0 Å². The van der Waals surface area contributed by atoms with E-state index in [0.29, 0.717) is 10.7 Å². The summed E-state index contributed by atoms with van der Waals surface area (Å²) in [6.07, 6.45) is 3.46. The maximum Gasteiger partial charge on any atom is 0.340 e. The van der Waals surface area contributed by atoms with Crippen LogP contribution in [0, 0.1) is 6.92 Å². The van der Waals surface area contributed by atoms with Crippen molar-refractivity contribution in [3.05, 3.63) is 41.3 Å². The van der Waals surface area contributed by atoms with Crippen LogP contribution in [0.1, 0.15) is 34.6 Å². The van der Waals surface area contributed by atoms with Gasteiger partial charge in [-0.15, -0.1) is 0 Å².